The van der Waals surface area contributed by atoms with Crippen molar-refractivity contribution in [1.29, 1.82) is 0 Å². The summed E-state index contributed by atoms with van der Waals surface area (Å²) >= 11 is 0. The number of hydrogen-bond donors (Lipinski definition) is 2. The SMILES string of the molecule is COc1cccc2c1CC[C@@H](N)[C@@H]2O. The van der Waals surface area contributed by atoms with Gasteiger partial charge in [-0.1, -0.05) is 12.1 Å². The average Bonchev–Trinajstić information content (AvgIpc) is 2.23. The summed E-state index contributed by atoms with van der Waals surface area (Å²) in [6.07, 6.45) is 1.15. The number of hydrogen-bond acceptors (Lipinski definition) is 3. The van der Waals surface area contributed by atoms with Gasteiger partial charge in [-0.05, 0) is 24.5 Å². The molecule has 0 bridgehead atoms. The van der Waals surface area contributed by atoms with Gasteiger partial charge in [-0.3, -0.25) is 0 Å². The van der Waals surface area contributed by atoms with Crippen LogP contribution < -0.4 is 10.5 Å². The molecule has 0 aromatic heterocycles. The van der Waals surface area contributed by atoms with Crippen LogP contribution in [0.2, 0.25) is 0 Å². The standard InChI is InChI=1S/C11H15NO2/c1-14-10-4-2-3-8-7(10)5-6-9(12)11(8)13/h2-4,9,11,13H,5-6,12H2,1H3/t9-,11-/m1/s1. The van der Waals surface area contributed by atoms with Crippen LogP contribution in [0.15, 0.2) is 18.2 Å². The van der Waals surface area contributed by atoms with E-state index in [1.165, 1.54) is 0 Å². The first-order valence-electron chi connectivity index (χ1n) is 4.83. The minimum Gasteiger partial charge on any atom is -0.496 e. The lowest BCUT2D eigenvalue weighted by atomic mass is 9.86. The molecule has 3 N–H and O–H groups in total. The quantitative estimate of drug-likeness (QED) is 0.699. The Morgan fingerprint density at radius 2 is 2.29 bits per heavy atom. The van der Waals surface area contributed by atoms with Gasteiger partial charge in [0.05, 0.1) is 13.2 Å². The molecule has 0 radical (unpaired) electrons. The maximum absolute atomic E-state index is 9.87. The van der Waals surface area contributed by atoms with E-state index in [2.05, 4.69) is 0 Å². The lowest BCUT2D eigenvalue weighted by molar-refractivity contribution is 0.133. The van der Waals surface area contributed by atoms with Crippen molar-refractivity contribution < 1.29 is 9.84 Å². The number of benzene rings is 1. The largest absolute Gasteiger partial charge is 0.496 e. The van der Waals surface area contributed by atoms with E-state index < -0.39 is 6.10 Å². The van der Waals surface area contributed by atoms with Crippen LogP contribution >= 0.6 is 0 Å². The van der Waals surface area contributed by atoms with Gasteiger partial charge in [-0.15, -0.1) is 0 Å². The van der Waals surface area contributed by atoms with Crippen molar-refractivity contribution in [2.45, 2.75) is 25.0 Å². The maximum atomic E-state index is 9.87. The van der Waals surface area contributed by atoms with Gasteiger partial charge in [0, 0.05) is 11.6 Å². The van der Waals surface area contributed by atoms with E-state index in [4.69, 9.17) is 10.5 Å². The van der Waals surface area contributed by atoms with Gasteiger partial charge in [0.2, 0.25) is 0 Å². The average molecular weight is 193 g/mol. The number of methoxy groups -OCH3 is 1. The molecule has 76 valence electrons. The fourth-order valence-corrected chi connectivity index (χ4v) is 2.02. The fourth-order valence-electron chi connectivity index (χ4n) is 2.02. The minimum atomic E-state index is -0.547. The van der Waals surface area contributed by atoms with Crippen molar-refractivity contribution in [3.63, 3.8) is 0 Å². The van der Waals surface area contributed by atoms with Gasteiger partial charge >= 0.3 is 0 Å². The van der Waals surface area contributed by atoms with Crippen LogP contribution in [0.4, 0.5) is 0 Å². The molecule has 3 heteroatoms. The molecule has 0 saturated heterocycles. The van der Waals surface area contributed by atoms with Crippen molar-refractivity contribution in [2.24, 2.45) is 5.73 Å². The Bertz CT molecular complexity index is 338. The van der Waals surface area contributed by atoms with Crippen molar-refractivity contribution in [1.82, 2.24) is 0 Å². The zero-order valence-corrected chi connectivity index (χ0v) is 8.23. The molecule has 14 heavy (non-hydrogen) atoms. The van der Waals surface area contributed by atoms with Crippen molar-refractivity contribution in [2.75, 3.05) is 7.11 Å². The number of ether oxygens (including phenoxy) is 1. The molecular formula is C11H15NO2. The minimum absolute atomic E-state index is 0.144. The Morgan fingerprint density at radius 1 is 1.50 bits per heavy atom. The molecule has 1 aliphatic carbocycles. The van der Waals surface area contributed by atoms with E-state index in [9.17, 15) is 5.11 Å². The number of aliphatic hydroxyl groups excluding tert-OH is 1. The summed E-state index contributed by atoms with van der Waals surface area (Å²) in [6, 6.07) is 5.58. The van der Waals surface area contributed by atoms with Gasteiger partial charge in [-0.25, -0.2) is 0 Å². The number of fused-ring (bicyclic) bond motifs is 1. The molecule has 0 heterocycles. The molecule has 1 aliphatic rings. The van der Waals surface area contributed by atoms with Gasteiger partial charge in [0.25, 0.3) is 0 Å². The monoisotopic (exact) mass is 193 g/mol. The molecule has 0 saturated carbocycles. The molecule has 2 atom stereocenters. The molecule has 0 aliphatic heterocycles. The summed E-state index contributed by atoms with van der Waals surface area (Å²) < 4.78 is 5.24. The molecule has 1 aromatic rings. The van der Waals surface area contributed by atoms with E-state index in [0.29, 0.717) is 0 Å². The second-order valence-corrected chi connectivity index (χ2v) is 3.68. The normalized spacial score (nSPS) is 25.6. The lowest BCUT2D eigenvalue weighted by Gasteiger charge is -2.28. The summed E-state index contributed by atoms with van der Waals surface area (Å²) in [4.78, 5) is 0. The summed E-state index contributed by atoms with van der Waals surface area (Å²) in [5, 5.41) is 9.87. The van der Waals surface area contributed by atoms with Crippen molar-refractivity contribution >= 4 is 0 Å². The summed E-state index contributed by atoms with van der Waals surface area (Å²) in [6.45, 7) is 0. The summed E-state index contributed by atoms with van der Waals surface area (Å²) in [5.74, 6) is 0.855. The first-order valence-corrected chi connectivity index (χ1v) is 4.83. The maximum Gasteiger partial charge on any atom is 0.122 e. The Labute approximate surface area is 83.5 Å². The van der Waals surface area contributed by atoms with Crippen LogP contribution in [0.1, 0.15) is 23.7 Å². The van der Waals surface area contributed by atoms with Crippen LogP contribution in [0.25, 0.3) is 0 Å². The van der Waals surface area contributed by atoms with Crippen LogP contribution in [0.3, 0.4) is 0 Å². The predicted octanol–water partition coefficient (Wildman–Crippen LogP) is 1.00. The number of aliphatic hydroxyl groups is 1. The lowest BCUT2D eigenvalue weighted by Crippen LogP contribution is -2.33. The van der Waals surface area contributed by atoms with Gasteiger partial charge in [0.15, 0.2) is 0 Å². The highest BCUT2D eigenvalue weighted by Crippen LogP contribution is 2.34. The summed E-state index contributed by atoms with van der Waals surface area (Å²) in [5.41, 5.74) is 7.81. The van der Waals surface area contributed by atoms with E-state index in [1.807, 2.05) is 18.2 Å². The fraction of sp³-hybridized carbons (Fsp3) is 0.455. The first kappa shape index (κ1) is 9.49. The third kappa shape index (κ3) is 1.38. The second-order valence-electron chi connectivity index (χ2n) is 3.68. The Hall–Kier alpha value is -1.06. The van der Waals surface area contributed by atoms with Crippen LogP contribution in [-0.2, 0) is 6.42 Å². The van der Waals surface area contributed by atoms with E-state index in [1.54, 1.807) is 7.11 Å². The van der Waals surface area contributed by atoms with Crippen LogP contribution in [0.5, 0.6) is 5.75 Å². The highest BCUT2D eigenvalue weighted by atomic mass is 16.5. The highest BCUT2D eigenvalue weighted by molar-refractivity contribution is 5.43. The Kier molecular flexibility index (Phi) is 2.44. The molecule has 0 fully saturated rings. The molecule has 0 amide bonds. The summed E-state index contributed by atoms with van der Waals surface area (Å²) in [7, 11) is 1.65. The molecule has 0 unspecified atom stereocenters. The van der Waals surface area contributed by atoms with Crippen molar-refractivity contribution in [3.05, 3.63) is 29.3 Å². The van der Waals surface area contributed by atoms with E-state index in [-0.39, 0.29) is 6.04 Å². The number of nitrogens with two attached hydrogens (primary N) is 1. The van der Waals surface area contributed by atoms with Gasteiger partial charge in [-0.2, -0.15) is 0 Å². The third-order valence-electron chi connectivity index (χ3n) is 2.84. The van der Waals surface area contributed by atoms with Gasteiger partial charge < -0.3 is 15.6 Å². The zero-order chi connectivity index (χ0) is 10.1. The zero-order valence-electron chi connectivity index (χ0n) is 8.23. The highest BCUT2D eigenvalue weighted by Gasteiger charge is 2.26. The molecule has 3 nitrogen and oxygen atoms in total. The van der Waals surface area contributed by atoms with Crippen molar-refractivity contribution in [3.8, 4) is 5.75 Å². The first-order chi connectivity index (χ1) is 6.74. The molecule has 2 rings (SSSR count). The topological polar surface area (TPSA) is 55.5 Å². The third-order valence-corrected chi connectivity index (χ3v) is 2.84. The number of rotatable bonds is 1. The molecular weight excluding hydrogens is 178 g/mol. The molecule has 1 aromatic carbocycles. The Balaban J connectivity index is 2.47. The van der Waals surface area contributed by atoms with E-state index in [0.717, 1.165) is 29.7 Å². The predicted molar refractivity (Wildman–Crippen MR) is 54.3 cm³/mol. The van der Waals surface area contributed by atoms with Crippen LogP contribution in [-0.4, -0.2) is 18.3 Å². The second kappa shape index (κ2) is 3.59. The smallest absolute Gasteiger partial charge is 0.122 e. The van der Waals surface area contributed by atoms with Gasteiger partial charge in [0.1, 0.15) is 5.75 Å². The van der Waals surface area contributed by atoms with E-state index >= 15 is 0 Å². The van der Waals surface area contributed by atoms with Crippen LogP contribution in [0, 0.1) is 0 Å². The molecule has 0 spiro atoms. The Morgan fingerprint density at radius 3 is 3.00 bits per heavy atom.